The van der Waals surface area contributed by atoms with Crippen LogP contribution in [-0.2, 0) is 0 Å². The molecule has 10 rings (SSSR count). The maximum atomic E-state index is 2.47. The zero-order chi connectivity index (χ0) is 27.4. The Bertz CT molecular complexity index is 2280. The van der Waals surface area contributed by atoms with Crippen molar-refractivity contribution >= 4 is 21.9 Å². The maximum absolute atomic E-state index is 2.47. The first-order valence-electron chi connectivity index (χ1n) is 15.1. The Morgan fingerprint density at radius 3 is 2.26 bits per heavy atom. The standard InChI is InChI=1S/C41H27N/c1-2-10-27-26(9-1)29-14-7-13-28-25(20-21-33(27)38(28)29)24-18-19-34-36(23-24)32-15-8-16-35-39(37-17-5-6-22-42-37)30-11-3-4-12-31(30)40(34)41(32)35/h1-11,13-23,31,37,42H,12H2/p+1. The van der Waals surface area contributed by atoms with Gasteiger partial charge in [0.05, 0.1) is 6.20 Å². The van der Waals surface area contributed by atoms with Crippen molar-refractivity contribution in [2.45, 2.75) is 12.5 Å². The predicted molar refractivity (Wildman–Crippen MR) is 174 cm³/mol. The molecule has 0 saturated carbocycles. The summed E-state index contributed by atoms with van der Waals surface area (Å²) in [6, 6.07) is 34.9. The van der Waals surface area contributed by atoms with E-state index in [1.54, 1.807) is 0 Å². The van der Waals surface area contributed by atoms with Crippen molar-refractivity contribution < 1.29 is 5.32 Å². The molecule has 0 spiro atoms. The average molecular weight is 535 g/mol. The smallest absolute Gasteiger partial charge is 0.136 e. The minimum Gasteiger partial charge on any atom is -0.311 e. The van der Waals surface area contributed by atoms with E-state index in [1.165, 1.54) is 88.0 Å². The van der Waals surface area contributed by atoms with Crippen LogP contribution in [0.3, 0.4) is 0 Å². The van der Waals surface area contributed by atoms with Gasteiger partial charge in [-0.1, -0.05) is 109 Å². The molecule has 0 bridgehead atoms. The van der Waals surface area contributed by atoms with Crippen molar-refractivity contribution in [2.75, 3.05) is 0 Å². The number of hydrogen-bond acceptors (Lipinski definition) is 0. The molecular weight excluding hydrogens is 506 g/mol. The Hall–Kier alpha value is -4.98. The van der Waals surface area contributed by atoms with E-state index >= 15 is 0 Å². The Kier molecular flexibility index (Phi) is 4.47. The number of quaternary nitrogens is 1. The third-order valence-electron chi connectivity index (χ3n) is 10.1. The lowest BCUT2D eigenvalue weighted by Gasteiger charge is -2.31. The minimum atomic E-state index is 0.306. The molecule has 196 valence electrons. The van der Waals surface area contributed by atoms with Gasteiger partial charge >= 0.3 is 0 Å². The van der Waals surface area contributed by atoms with Crippen molar-refractivity contribution in [3.8, 4) is 44.5 Å². The van der Waals surface area contributed by atoms with E-state index in [9.17, 15) is 0 Å². The van der Waals surface area contributed by atoms with Crippen LogP contribution in [0.5, 0.6) is 0 Å². The van der Waals surface area contributed by atoms with Gasteiger partial charge in [-0.05, 0) is 107 Å². The minimum absolute atomic E-state index is 0.306. The first kappa shape index (κ1) is 22.7. The quantitative estimate of drug-likeness (QED) is 0.246. The van der Waals surface area contributed by atoms with Crippen LogP contribution < -0.4 is 15.8 Å². The summed E-state index contributed by atoms with van der Waals surface area (Å²) < 4.78 is 0. The first-order valence-corrected chi connectivity index (χ1v) is 15.1. The molecule has 0 amide bonds. The molecule has 0 aromatic heterocycles. The van der Waals surface area contributed by atoms with Crippen molar-refractivity contribution in [1.82, 2.24) is 0 Å². The summed E-state index contributed by atoms with van der Waals surface area (Å²) in [5, 5.41) is 7.95. The molecule has 0 radical (unpaired) electrons. The van der Waals surface area contributed by atoms with E-state index in [0.29, 0.717) is 12.0 Å². The summed E-state index contributed by atoms with van der Waals surface area (Å²) >= 11 is 0. The number of nitrogens with two attached hydrogens (primary N) is 1. The fraction of sp³-hybridized carbons (Fsp3) is 0.0732. The van der Waals surface area contributed by atoms with E-state index in [-0.39, 0.29) is 0 Å². The van der Waals surface area contributed by atoms with Gasteiger partial charge in [-0.2, -0.15) is 0 Å². The van der Waals surface area contributed by atoms with E-state index in [1.807, 2.05) is 0 Å². The first-order chi connectivity index (χ1) is 20.9. The fourth-order valence-electron chi connectivity index (χ4n) is 8.41. The van der Waals surface area contributed by atoms with Crippen LogP contribution >= 0.6 is 0 Å². The molecule has 5 aromatic carbocycles. The molecule has 1 aliphatic heterocycles. The summed E-state index contributed by atoms with van der Waals surface area (Å²) in [6.07, 6.45) is 16.9. The Morgan fingerprint density at radius 2 is 1.38 bits per heavy atom. The summed E-state index contributed by atoms with van der Waals surface area (Å²) in [6.45, 7) is 0. The maximum Gasteiger partial charge on any atom is 0.136 e. The van der Waals surface area contributed by atoms with E-state index in [2.05, 4.69) is 139 Å². The molecule has 0 fully saturated rings. The van der Waals surface area contributed by atoms with E-state index in [0.717, 1.165) is 6.42 Å². The molecular formula is C41H28N+. The van der Waals surface area contributed by atoms with Gasteiger partial charge in [0.1, 0.15) is 6.04 Å². The third-order valence-corrected chi connectivity index (χ3v) is 10.1. The molecule has 5 aliphatic rings. The highest BCUT2D eigenvalue weighted by Crippen LogP contribution is 2.50. The van der Waals surface area contributed by atoms with Crippen LogP contribution in [0.1, 0.15) is 12.0 Å². The summed E-state index contributed by atoms with van der Waals surface area (Å²) in [5.74, 6) is 0.397. The second kappa shape index (κ2) is 8.28. The van der Waals surface area contributed by atoms with Gasteiger partial charge in [-0.25, -0.2) is 0 Å². The van der Waals surface area contributed by atoms with Gasteiger partial charge < -0.3 is 5.32 Å². The number of allylic oxidation sites excluding steroid dienone is 5. The van der Waals surface area contributed by atoms with Gasteiger partial charge in [0, 0.05) is 11.5 Å². The highest BCUT2D eigenvalue weighted by Gasteiger charge is 2.37. The van der Waals surface area contributed by atoms with Gasteiger partial charge in [0.25, 0.3) is 0 Å². The highest BCUT2D eigenvalue weighted by atomic mass is 14.9. The monoisotopic (exact) mass is 534 g/mol. The topological polar surface area (TPSA) is 16.6 Å². The van der Waals surface area contributed by atoms with E-state index < -0.39 is 0 Å². The van der Waals surface area contributed by atoms with Crippen LogP contribution in [0, 0.1) is 5.92 Å². The average Bonchev–Trinajstić information content (AvgIpc) is 3.57. The predicted octanol–water partition coefficient (Wildman–Crippen LogP) is 7.02. The number of benzene rings is 5. The van der Waals surface area contributed by atoms with Gasteiger partial charge in [-0.3, -0.25) is 0 Å². The molecule has 4 aliphatic carbocycles. The SMILES string of the molecule is C1=CCC2C(=C1)C(C1C=CC=C[NH2+]1)=c1cccc3c1=C2c1ccc(-c2ccc4c5c(cccc25)-c2ccccc2-4)cc1-3. The lowest BCUT2D eigenvalue weighted by Crippen LogP contribution is -2.85. The third kappa shape index (κ3) is 2.86. The number of hydrogen-bond donors (Lipinski definition) is 1. The zero-order valence-electron chi connectivity index (χ0n) is 23.1. The Balaban J connectivity index is 1.21. The summed E-state index contributed by atoms with van der Waals surface area (Å²) in [4.78, 5) is 0. The molecule has 2 atom stereocenters. The molecule has 0 saturated heterocycles. The van der Waals surface area contributed by atoms with Gasteiger partial charge in [-0.15, -0.1) is 0 Å². The summed E-state index contributed by atoms with van der Waals surface area (Å²) in [7, 11) is 0. The van der Waals surface area contributed by atoms with Crippen molar-refractivity contribution in [3.05, 3.63) is 155 Å². The van der Waals surface area contributed by atoms with Crippen LogP contribution in [0.25, 0.3) is 66.4 Å². The Labute approximate surface area is 244 Å². The van der Waals surface area contributed by atoms with Crippen molar-refractivity contribution in [2.24, 2.45) is 5.92 Å². The van der Waals surface area contributed by atoms with Crippen LogP contribution in [0.4, 0.5) is 0 Å². The second-order valence-electron chi connectivity index (χ2n) is 12.1. The number of rotatable bonds is 2. The molecule has 42 heavy (non-hydrogen) atoms. The van der Waals surface area contributed by atoms with Crippen molar-refractivity contribution in [3.63, 3.8) is 0 Å². The van der Waals surface area contributed by atoms with Crippen molar-refractivity contribution in [1.29, 1.82) is 0 Å². The molecule has 2 unspecified atom stereocenters. The second-order valence-corrected chi connectivity index (χ2v) is 12.1. The van der Waals surface area contributed by atoms with Crippen LogP contribution in [0.2, 0.25) is 0 Å². The van der Waals surface area contributed by atoms with Crippen LogP contribution in [-0.4, -0.2) is 6.04 Å². The lowest BCUT2D eigenvalue weighted by atomic mass is 9.73. The molecule has 2 N–H and O–H groups in total. The number of fused-ring (bicyclic) bond motifs is 8. The van der Waals surface area contributed by atoms with Crippen LogP contribution in [0.15, 0.2) is 139 Å². The molecule has 1 nitrogen and oxygen atoms in total. The van der Waals surface area contributed by atoms with E-state index in [4.69, 9.17) is 0 Å². The molecule has 1 heterocycles. The molecule has 5 aromatic rings. The van der Waals surface area contributed by atoms with Gasteiger partial charge in [0.15, 0.2) is 0 Å². The molecule has 1 heteroatoms. The van der Waals surface area contributed by atoms with Gasteiger partial charge in [0.2, 0.25) is 0 Å². The lowest BCUT2D eigenvalue weighted by molar-refractivity contribution is -0.602. The largest absolute Gasteiger partial charge is 0.311 e. The Morgan fingerprint density at radius 1 is 0.595 bits per heavy atom. The fourth-order valence-corrected chi connectivity index (χ4v) is 8.41. The normalized spacial score (nSPS) is 20.0. The highest BCUT2D eigenvalue weighted by molar-refractivity contribution is 6.18. The summed E-state index contributed by atoms with van der Waals surface area (Å²) in [5.41, 5.74) is 16.7. The zero-order valence-corrected chi connectivity index (χ0v) is 23.1.